The van der Waals surface area contributed by atoms with Crippen LogP contribution in [0.4, 0.5) is 4.79 Å². The first-order valence-corrected chi connectivity index (χ1v) is 16.4. The molecule has 0 radical (unpaired) electrons. The molecule has 3 aromatic carbocycles. The molecule has 1 saturated heterocycles. The van der Waals surface area contributed by atoms with Gasteiger partial charge in [-0.2, -0.15) is 0 Å². The Morgan fingerprint density at radius 3 is 2.05 bits per heavy atom. The van der Waals surface area contributed by atoms with Gasteiger partial charge in [-0.15, -0.1) is 0 Å². The average molecular weight is 592 g/mol. The van der Waals surface area contributed by atoms with E-state index in [-0.39, 0.29) is 24.7 Å². The molecule has 0 saturated carbocycles. The van der Waals surface area contributed by atoms with E-state index in [1.807, 2.05) is 59.5 Å². The van der Waals surface area contributed by atoms with Crippen LogP contribution >= 0.6 is 0 Å². The number of piperidine rings is 1. The summed E-state index contributed by atoms with van der Waals surface area (Å²) in [6, 6.07) is 28.8. The zero-order valence-corrected chi connectivity index (χ0v) is 26.0. The van der Waals surface area contributed by atoms with Gasteiger partial charge in [-0.05, 0) is 60.9 Å². The van der Waals surface area contributed by atoms with Gasteiger partial charge in [-0.3, -0.25) is 0 Å². The lowest BCUT2D eigenvalue weighted by Gasteiger charge is -2.39. The van der Waals surface area contributed by atoms with E-state index in [2.05, 4.69) is 30.9 Å². The van der Waals surface area contributed by atoms with Crippen molar-refractivity contribution in [3.63, 3.8) is 0 Å². The second-order valence-corrected chi connectivity index (χ2v) is 13.7. The second kappa shape index (κ2) is 15.3. The molecule has 226 valence electrons. The first kappa shape index (κ1) is 31.7. The Morgan fingerprint density at radius 1 is 0.881 bits per heavy atom. The molecule has 4 rings (SSSR count). The summed E-state index contributed by atoms with van der Waals surface area (Å²) < 4.78 is 33.7. The normalized spacial score (nSPS) is 15.5. The Morgan fingerprint density at radius 2 is 1.45 bits per heavy atom. The van der Waals surface area contributed by atoms with Gasteiger partial charge in [0.25, 0.3) is 0 Å². The van der Waals surface area contributed by atoms with Crippen LogP contribution in [0.1, 0.15) is 50.2 Å². The molecule has 0 N–H and O–H groups in total. The van der Waals surface area contributed by atoms with Crippen molar-refractivity contribution in [2.45, 2.75) is 56.6 Å². The van der Waals surface area contributed by atoms with Crippen LogP contribution in [-0.4, -0.2) is 74.4 Å². The van der Waals surface area contributed by atoms with Crippen molar-refractivity contribution in [1.29, 1.82) is 0 Å². The minimum Gasteiger partial charge on any atom is -0.445 e. The fraction of sp³-hybridized carbons (Fsp3) is 0.441. The van der Waals surface area contributed by atoms with Gasteiger partial charge in [-0.1, -0.05) is 92.7 Å². The predicted molar refractivity (Wildman–Crippen MR) is 168 cm³/mol. The van der Waals surface area contributed by atoms with Crippen molar-refractivity contribution >= 4 is 16.1 Å². The molecule has 42 heavy (non-hydrogen) atoms. The lowest BCUT2D eigenvalue weighted by atomic mass is 9.94. The number of benzene rings is 3. The van der Waals surface area contributed by atoms with Crippen molar-refractivity contribution in [1.82, 2.24) is 14.1 Å². The SMILES string of the molecule is CC(C)CN(C(=O)OCc1ccccc1)C1CCN(CCC(CN(C)S(=O)(=O)c2ccccc2)c2ccccc2)CC1. The summed E-state index contributed by atoms with van der Waals surface area (Å²) in [6.07, 6.45) is 2.40. The maximum atomic E-state index is 13.2. The molecule has 1 aliphatic rings. The minimum atomic E-state index is -3.57. The molecular weight excluding hydrogens is 546 g/mol. The Hall–Kier alpha value is -3.20. The number of amides is 1. The van der Waals surface area contributed by atoms with E-state index in [1.165, 1.54) is 4.31 Å². The van der Waals surface area contributed by atoms with Crippen LogP contribution in [-0.2, 0) is 21.4 Å². The molecule has 8 heteroatoms. The van der Waals surface area contributed by atoms with Crippen LogP contribution < -0.4 is 0 Å². The Labute approximate surface area is 252 Å². The Bertz CT molecular complexity index is 1330. The van der Waals surface area contributed by atoms with E-state index in [0.29, 0.717) is 23.9 Å². The third-order valence-corrected chi connectivity index (χ3v) is 9.83. The number of likely N-dealkylation sites (tertiary alicyclic amines) is 1. The number of hydrogen-bond donors (Lipinski definition) is 0. The summed E-state index contributed by atoms with van der Waals surface area (Å²) in [7, 11) is -1.90. The maximum Gasteiger partial charge on any atom is 0.410 e. The van der Waals surface area contributed by atoms with Gasteiger partial charge < -0.3 is 14.5 Å². The third kappa shape index (κ3) is 8.90. The van der Waals surface area contributed by atoms with Crippen LogP contribution in [0, 0.1) is 5.92 Å². The first-order chi connectivity index (χ1) is 20.2. The molecule has 1 unspecified atom stereocenters. The number of nitrogens with zero attached hydrogens (tertiary/aromatic N) is 3. The number of hydrogen-bond acceptors (Lipinski definition) is 5. The van der Waals surface area contributed by atoms with E-state index in [0.717, 1.165) is 50.0 Å². The van der Waals surface area contributed by atoms with Gasteiger partial charge in [-0.25, -0.2) is 17.5 Å². The fourth-order valence-corrected chi connectivity index (χ4v) is 6.87. The molecule has 1 heterocycles. The number of sulfonamides is 1. The van der Waals surface area contributed by atoms with Gasteiger partial charge in [0.15, 0.2) is 0 Å². The molecule has 0 aromatic heterocycles. The summed E-state index contributed by atoms with van der Waals surface area (Å²) in [5.41, 5.74) is 2.13. The molecule has 0 aliphatic carbocycles. The number of rotatable bonds is 13. The van der Waals surface area contributed by atoms with E-state index in [9.17, 15) is 13.2 Å². The van der Waals surface area contributed by atoms with Crippen LogP contribution in [0.3, 0.4) is 0 Å². The smallest absolute Gasteiger partial charge is 0.410 e. The monoisotopic (exact) mass is 591 g/mol. The number of ether oxygens (including phenoxy) is 1. The predicted octanol–water partition coefficient (Wildman–Crippen LogP) is 6.24. The lowest BCUT2D eigenvalue weighted by Crippen LogP contribution is -2.49. The minimum absolute atomic E-state index is 0.0674. The Balaban J connectivity index is 1.34. The highest BCUT2D eigenvalue weighted by atomic mass is 32.2. The molecule has 7 nitrogen and oxygen atoms in total. The van der Waals surface area contributed by atoms with E-state index >= 15 is 0 Å². The van der Waals surface area contributed by atoms with Crippen molar-refractivity contribution in [3.8, 4) is 0 Å². The quantitative estimate of drug-likeness (QED) is 0.235. The standard InChI is InChI=1S/C34H45N3O4S/c1-28(2)25-37(34(38)41-27-29-13-7-4-8-14-29)32-20-23-36(24-21-32)22-19-31(30-15-9-5-10-16-30)26-35(3)42(39,40)33-17-11-6-12-18-33/h4-18,28,31-32H,19-27H2,1-3H3. The lowest BCUT2D eigenvalue weighted by molar-refractivity contribution is 0.0550. The summed E-state index contributed by atoms with van der Waals surface area (Å²) in [6.45, 7) is 8.28. The molecule has 1 fully saturated rings. The highest BCUT2D eigenvalue weighted by Gasteiger charge is 2.30. The van der Waals surface area contributed by atoms with Crippen molar-refractivity contribution in [2.24, 2.45) is 5.92 Å². The number of carbonyl (C=O) groups excluding carboxylic acids is 1. The number of carbonyl (C=O) groups is 1. The highest BCUT2D eigenvalue weighted by molar-refractivity contribution is 7.89. The van der Waals surface area contributed by atoms with Crippen LogP contribution in [0.2, 0.25) is 0 Å². The summed E-state index contributed by atoms with van der Waals surface area (Å²) in [5, 5.41) is 0. The fourth-order valence-electron chi connectivity index (χ4n) is 5.63. The van der Waals surface area contributed by atoms with E-state index in [1.54, 1.807) is 31.3 Å². The van der Waals surface area contributed by atoms with Crippen LogP contribution in [0.5, 0.6) is 0 Å². The van der Waals surface area contributed by atoms with Gasteiger partial charge >= 0.3 is 6.09 Å². The van der Waals surface area contributed by atoms with E-state index < -0.39 is 10.0 Å². The van der Waals surface area contributed by atoms with Gasteiger partial charge in [0.2, 0.25) is 10.0 Å². The molecule has 1 aliphatic heterocycles. The maximum absolute atomic E-state index is 13.2. The summed E-state index contributed by atoms with van der Waals surface area (Å²) in [4.78, 5) is 17.8. The van der Waals surface area contributed by atoms with Gasteiger partial charge in [0.05, 0.1) is 4.90 Å². The number of likely N-dealkylation sites (N-methyl/N-ethyl adjacent to an activating group) is 1. The molecule has 3 aromatic rings. The highest BCUT2D eigenvalue weighted by Crippen LogP contribution is 2.26. The zero-order valence-electron chi connectivity index (χ0n) is 25.1. The van der Waals surface area contributed by atoms with Crippen molar-refractivity contribution in [2.75, 3.05) is 39.8 Å². The largest absolute Gasteiger partial charge is 0.445 e. The van der Waals surface area contributed by atoms with Gasteiger partial charge in [0, 0.05) is 39.3 Å². The zero-order chi connectivity index (χ0) is 30.0. The van der Waals surface area contributed by atoms with Crippen LogP contribution in [0.15, 0.2) is 95.9 Å². The second-order valence-electron chi connectivity index (χ2n) is 11.7. The van der Waals surface area contributed by atoms with Crippen molar-refractivity contribution in [3.05, 3.63) is 102 Å². The molecule has 1 atom stereocenters. The van der Waals surface area contributed by atoms with E-state index in [4.69, 9.17) is 4.74 Å². The summed E-state index contributed by atoms with van der Waals surface area (Å²) in [5.74, 6) is 0.418. The van der Waals surface area contributed by atoms with Crippen LogP contribution in [0.25, 0.3) is 0 Å². The van der Waals surface area contributed by atoms with Gasteiger partial charge in [0.1, 0.15) is 6.61 Å². The first-order valence-electron chi connectivity index (χ1n) is 15.0. The van der Waals surface area contributed by atoms with Crippen molar-refractivity contribution < 1.29 is 17.9 Å². The third-order valence-electron chi connectivity index (χ3n) is 7.99. The molecular formula is C34H45N3O4S. The summed E-state index contributed by atoms with van der Waals surface area (Å²) >= 11 is 0. The average Bonchev–Trinajstić information content (AvgIpc) is 3.02. The topological polar surface area (TPSA) is 70.2 Å². The molecule has 0 spiro atoms. The Kier molecular flexibility index (Phi) is 11.6. The molecule has 0 bridgehead atoms. The molecule has 1 amide bonds.